The van der Waals surface area contributed by atoms with Crippen LogP contribution in [0, 0.1) is 11.8 Å². The second-order valence-corrected chi connectivity index (χ2v) is 9.30. The van der Waals surface area contributed by atoms with Gasteiger partial charge < -0.3 is 15.2 Å². The zero-order chi connectivity index (χ0) is 18.6. The molecule has 4 unspecified atom stereocenters. The minimum absolute atomic E-state index is 0.170. The van der Waals surface area contributed by atoms with Crippen molar-refractivity contribution in [3.8, 4) is 0 Å². The Balaban J connectivity index is 1.60. The van der Waals surface area contributed by atoms with E-state index < -0.39 is 45.8 Å². The van der Waals surface area contributed by atoms with Gasteiger partial charge in [-0.3, -0.25) is 9.59 Å². The monoisotopic (exact) mass is 394 g/mol. The Labute approximate surface area is 152 Å². The molecule has 0 spiro atoms. The van der Waals surface area contributed by atoms with Crippen LogP contribution in [-0.4, -0.2) is 48.8 Å². The summed E-state index contributed by atoms with van der Waals surface area (Å²) in [5.41, 5.74) is 0.552. The van der Waals surface area contributed by atoms with Gasteiger partial charge in [0.25, 0.3) is 0 Å². The van der Waals surface area contributed by atoms with Gasteiger partial charge in [0.05, 0.1) is 33.2 Å². The molecule has 1 fully saturated rings. The Hall–Kier alpha value is -2.30. The smallest absolute Gasteiger partial charge is 0.310 e. The topological polar surface area (TPSA) is 123 Å². The van der Waals surface area contributed by atoms with Crippen LogP contribution in [0.25, 0.3) is 10.2 Å². The molecule has 0 saturated carbocycles. The van der Waals surface area contributed by atoms with Crippen molar-refractivity contribution in [3.63, 3.8) is 0 Å². The van der Waals surface area contributed by atoms with Crippen LogP contribution in [0.5, 0.6) is 0 Å². The minimum atomic E-state index is -3.34. The van der Waals surface area contributed by atoms with E-state index >= 15 is 0 Å². The molecule has 2 aliphatic rings. The van der Waals surface area contributed by atoms with E-state index in [9.17, 15) is 23.1 Å². The lowest BCUT2D eigenvalue weighted by Crippen LogP contribution is -2.39. The molecule has 1 amide bonds. The molecule has 136 valence electrons. The van der Waals surface area contributed by atoms with Gasteiger partial charge in [0.1, 0.15) is 5.92 Å². The summed E-state index contributed by atoms with van der Waals surface area (Å²) in [6.45, 7) is 0. The van der Waals surface area contributed by atoms with E-state index in [0.717, 1.165) is 17.6 Å². The van der Waals surface area contributed by atoms with E-state index in [1.54, 1.807) is 18.2 Å². The van der Waals surface area contributed by atoms with Crippen LogP contribution < -0.4 is 5.32 Å². The van der Waals surface area contributed by atoms with Crippen LogP contribution in [0.15, 0.2) is 35.2 Å². The summed E-state index contributed by atoms with van der Waals surface area (Å²) in [6.07, 6.45) is 3.32. The van der Waals surface area contributed by atoms with Gasteiger partial charge in [0, 0.05) is 6.26 Å². The normalized spacial score (nSPS) is 27.1. The number of carboxylic acids is 1. The second kappa shape index (κ2) is 5.86. The highest BCUT2D eigenvalue weighted by molar-refractivity contribution is 7.90. The Morgan fingerprint density at radius 1 is 1.23 bits per heavy atom. The number of carbonyl (C=O) groups excluding carboxylic acids is 1. The maximum Gasteiger partial charge on any atom is 0.310 e. The number of rotatable bonds is 4. The van der Waals surface area contributed by atoms with Gasteiger partial charge in [-0.2, -0.15) is 0 Å². The third kappa shape index (κ3) is 2.79. The number of carboxylic acid groups (broad SMARTS) is 1. The third-order valence-corrected chi connectivity index (χ3v) is 6.55. The number of benzene rings is 1. The molecule has 2 N–H and O–H groups in total. The second-order valence-electron chi connectivity index (χ2n) is 6.25. The average molecular weight is 394 g/mol. The molecule has 2 aliphatic heterocycles. The first-order valence-electron chi connectivity index (χ1n) is 7.72. The molecule has 2 bridgehead atoms. The van der Waals surface area contributed by atoms with E-state index in [1.165, 1.54) is 12.1 Å². The molecule has 2 aromatic rings. The minimum Gasteiger partial charge on any atom is -0.481 e. The lowest BCUT2D eigenvalue weighted by Gasteiger charge is -2.20. The third-order valence-electron chi connectivity index (χ3n) is 4.51. The highest BCUT2D eigenvalue weighted by Crippen LogP contribution is 2.40. The van der Waals surface area contributed by atoms with Crippen molar-refractivity contribution in [1.82, 2.24) is 4.98 Å². The first kappa shape index (κ1) is 17.1. The number of amides is 1. The molecular weight excluding hydrogens is 380 g/mol. The molecule has 1 aromatic carbocycles. The fourth-order valence-electron chi connectivity index (χ4n) is 3.29. The molecule has 8 nitrogen and oxygen atoms in total. The molecule has 1 aromatic heterocycles. The van der Waals surface area contributed by atoms with Gasteiger partial charge in [-0.05, 0) is 18.2 Å². The predicted octanol–water partition coefficient (Wildman–Crippen LogP) is 1.29. The van der Waals surface area contributed by atoms with Gasteiger partial charge in [0.15, 0.2) is 15.0 Å². The maximum atomic E-state index is 12.6. The van der Waals surface area contributed by atoms with Crippen molar-refractivity contribution in [1.29, 1.82) is 0 Å². The van der Waals surface area contributed by atoms with Crippen molar-refractivity contribution in [2.45, 2.75) is 17.1 Å². The van der Waals surface area contributed by atoms with Crippen molar-refractivity contribution >= 4 is 48.4 Å². The molecular formula is C16H14N2O6S2. The number of thiazole rings is 1. The summed E-state index contributed by atoms with van der Waals surface area (Å²) in [7, 11) is -3.34. The first-order valence-corrected chi connectivity index (χ1v) is 10.4. The summed E-state index contributed by atoms with van der Waals surface area (Å²) in [6, 6.07) is 4.53. The van der Waals surface area contributed by atoms with E-state index in [1.807, 2.05) is 0 Å². The first-order chi connectivity index (χ1) is 12.2. The Morgan fingerprint density at radius 3 is 2.58 bits per heavy atom. The number of anilines is 1. The van der Waals surface area contributed by atoms with Crippen LogP contribution in [0.1, 0.15) is 0 Å². The van der Waals surface area contributed by atoms with Crippen LogP contribution in [0.2, 0.25) is 0 Å². The largest absolute Gasteiger partial charge is 0.481 e. The number of nitrogens with one attached hydrogen (secondary N) is 1. The van der Waals surface area contributed by atoms with E-state index in [-0.39, 0.29) is 10.0 Å². The van der Waals surface area contributed by atoms with E-state index in [4.69, 9.17) is 4.74 Å². The number of aliphatic carboxylic acids is 1. The fraction of sp³-hybridized carbons (Fsp3) is 0.312. The number of nitrogens with zero attached hydrogens (tertiary/aromatic N) is 1. The number of carbonyl (C=O) groups is 2. The van der Waals surface area contributed by atoms with Crippen LogP contribution >= 0.6 is 11.3 Å². The summed E-state index contributed by atoms with van der Waals surface area (Å²) in [5.74, 6) is -3.32. The van der Waals surface area contributed by atoms with Gasteiger partial charge in [0.2, 0.25) is 5.91 Å². The summed E-state index contributed by atoms with van der Waals surface area (Å²) < 4.78 is 29.4. The Morgan fingerprint density at radius 2 is 1.92 bits per heavy atom. The summed E-state index contributed by atoms with van der Waals surface area (Å²) >= 11 is 1.13. The van der Waals surface area contributed by atoms with Crippen molar-refractivity contribution in [3.05, 3.63) is 30.4 Å². The zero-order valence-electron chi connectivity index (χ0n) is 13.4. The average Bonchev–Trinajstić information content (AvgIpc) is 3.25. The molecule has 3 heterocycles. The highest BCUT2D eigenvalue weighted by Gasteiger charge is 2.53. The standard InChI is InChI=1S/C16H14N2O6S2/c1-26(22,23)7-2-3-8-11(6-7)25-16(17-8)18-14(19)12-9-4-5-10(24-9)13(12)15(20)21/h2-6,9-10,12-13H,1H3,(H,20,21)(H,17,18,19). The fourth-order valence-corrected chi connectivity index (χ4v) is 4.92. The highest BCUT2D eigenvalue weighted by atomic mass is 32.2. The SMILES string of the molecule is CS(=O)(=O)c1ccc2nc(NC(=O)C3C4C=CC(O4)C3C(=O)O)sc2c1. The number of sulfone groups is 1. The van der Waals surface area contributed by atoms with Crippen LogP contribution in [-0.2, 0) is 24.2 Å². The number of hydrogen-bond acceptors (Lipinski definition) is 7. The van der Waals surface area contributed by atoms with Gasteiger partial charge >= 0.3 is 5.97 Å². The molecule has 4 rings (SSSR count). The molecule has 26 heavy (non-hydrogen) atoms. The van der Waals surface area contributed by atoms with E-state index in [0.29, 0.717) is 10.2 Å². The number of fused-ring (bicyclic) bond motifs is 3. The van der Waals surface area contributed by atoms with Gasteiger partial charge in [-0.1, -0.05) is 23.5 Å². The van der Waals surface area contributed by atoms with Gasteiger partial charge in [-0.25, -0.2) is 13.4 Å². The summed E-state index contributed by atoms with van der Waals surface area (Å²) in [5, 5.41) is 12.3. The number of ether oxygens (including phenoxy) is 1. The lowest BCUT2D eigenvalue weighted by molar-refractivity contribution is -0.145. The van der Waals surface area contributed by atoms with Crippen LogP contribution in [0.4, 0.5) is 5.13 Å². The lowest BCUT2D eigenvalue weighted by atomic mass is 9.82. The van der Waals surface area contributed by atoms with E-state index in [2.05, 4.69) is 10.3 Å². The molecule has 10 heteroatoms. The van der Waals surface area contributed by atoms with Crippen LogP contribution in [0.3, 0.4) is 0 Å². The van der Waals surface area contributed by atoms with Crippen molar-refractivity contribution in [2.24, 2.45) is 11.8 Å². The van der Waals surface area contributed by atoms with Gasteiger partial charge in [-0.15, -0.1) is 0 Å². The molecule has 1 saturated heterocycles. The zero-order valence-corrected chi connectivity index (χ0v) is 15.1. The number of hydrogen-bond donors (Lipinski definition) is 2. The van der Waals surface area contributed by atoms with Crippen molar-refractivity contribution in [2.75, 3.05) is 11.6 Å². The number of aromatic nitrogens is 1. The molecule has 0 aliphatic carbocycles. The Kier molecular flexibility index (Phi) is 3.86. The van der Waals surface area contributed by atoms with Crippen molar-refractivity contribution < 1.29 is 27.9 Å². The Bertz CT molecular complexity index is 1060. The molecule has 0 radical (unpaired) electrons. The maximum absolute atomic E-state index is 12.6. The predicted molar refractivity (Wildman–Crippen MR) is 93.8 cm³/mol. The molecule has 4 atom stereocenters. The summed E-state index contributed by atoms with van der Waals surface area (Å²) in [4.78, 5) is 28.5. The quantitative estimate of drug-likeness (QED) is 0.749.